The van der Waals surface area contributed by atoms with Gasteiger partial charge in [0.05, 0.1) is 11.4 Å². The van der Waals surface area contributed by atoms with Crippen LogP contribution in [0.2, 0.25) is 5.02 Å². The number of halogens is 1. The minimum absolute atomic E-state index is 0.158. The van der Waals surface area contributed by atoms with Gasteiger partial charge in [0.1, 0.15) is 0 Å². The predicted molar refractivity (Wildman–Crippen MR) is 130 cm³/mol. The number of hydrazine groups is 1. The largest absolute Gasteiger partial charge is 0.286 e. The molecule has 1 aliphatic rings. The second-order valence-corrected chi connectivity index (χ2v) is 9.07. The van der Waals surface area contributed by atoms with E-state index < -0.39 is 0 Å². The van der Waals surface area contributed by atoms with E-state index in [-0.39, 0.29) is 5.91 Å². The number of aromatic nitrogens is 2. The molecule has 0 spiro atoms. The van der Waals surface area contributed by atoms with Gasteiger partial charge in [-0.15, -0.1) is 0 Å². The monoisotopic (exact) mass is 450 g/mol. The highest BCUT2D eigenvalue weighted by Crippen LogP contribution is 2.30. The fourth-order valence-electron chi connectivity index (χ4n) is 4.23. The van der Waals surface area contributed by atoms with Crippen LogP contribution in [0.15, 0.2) is 48.5 Å². The number of hydrogen-bond donors (Lipinski definition) is 1. The highest BCUT2D eigenvalue weighted by Gasteiger charge is 2.24. The number of benzene rings is 2. The Kier molecular flexibility index (Phi) is 6.97. The summed E-state index contributed by atoms with van der Waals surface area (Å²) >= 11 is 6.13. The normalized spacial score (nSPS) is 15.5. The molecule has 0 aliphatic carbocycles. The minimum atomic E-state index is -0.158. The van der Waals surface area contributed by atoms with Gasteiger partial charge in [-0.05, 0) is 61.9 Å². The van der Waals surface area contributed by atoms with E-state index >= 15 is 0 Å². The standard InChI is InChI=1S/C26H31ClN4O/c1-4-18(2)20-10-14-23(15-11-20)31-25(21-8-12-22(27)13-9-21)19(3)24(28-31)26(32)29-30-16-6-5-7-17-30/h8-15,18H,4-7,16-17H2,1-3H3,(H,29,32). The third-order valence-electron chi connectivity index (χ3n) is 6.39. The van der Waals surface area contributed by atoms with E-state index in [1.165, 1.54) is 12.0 Å². The summed E-state index contributed by atoms with van der Waals surface area (Å²) in [5, 5.41) is 7.47. The lowest BCUT2D eigenvalue weighted by Gasteiger charge is -2.26. The zero-order chi connectivity index (χ0) is 22.7. The Bertz CT molecular complexity index is 1070. The van der Waals surface area contributed by atoms with Gasteiger partial charge in [0.15, 0.2) is 5.69 Å². The van der Waals surface area contributed by atoms with E-state index in [2.05, 4.69) is 43.5 Å². The number of carbonyl (C=O) groups is 1. The third kappa shape index (κ3) is 4.74. The summed E-state index contributed by atoms with van der Waals surface area (Å²) in [6.07, 6.45) is 4.52. The molecule has 2 aromatic carbocycles. The molecular weight excluding hydrogens is 420 g/mol. The summed E-state index contributed by atoms with van der Waals surface area (Å²) in [5.74, 6) is 0.347. The molecule has 32 heavy (non-hydrogen) atoms. The molecule has 6 heteroatoms. The van der Waals surface area contributed by atoms with Gasteiger partial charge >= 0.3 is 0 Å². The molecule has 1 saturated heterocycles. The number of carbonyl (C=O) groups excluding carboxylic acids is 1. The number of nitrogens with zero attached hydrogens (tertiary/aromatic N) is 3. The zero-order valence-corrected chi connectivity index (χ0v) is 19.8. The molecule has 0 bridgehead atoms. The second kappa shape index (κ2) is 9.88. The van der Waals surface area contributed by atoms with Crippen LogP contribution in [0.5, 0.6) is 0 Å². The molecule has 4 rings (SSSR count). The van der Waals surface area contributed by atoms with Crippen LogP contribution in [-0.4, -0.2) is 33.8 Å². The average Bonchev–Trinajstić information content (AvgIpc) is 3.17. The van der Waals surface area contributed by atoms with Crippen LogP contribution >= 0.6 is 11.6 Å². The van der Waals surface area contributed by atoms with Crippen LogP contribution in [0.3, 0.4) is 0 Å². The Morgan fingerprint density at radius 1 is 1.06 bits per heavy atom. The lowest BCUT2D eigenvalue weighted by Crippen LogP contribution is -2.45. The van der Waals surface area contributed by atoms with Crippen LogP contribution in [0.1, 0.15) is 67.1 Å². The maximum atomic E-state index is 13.1. The molecule has 2 heterocycles. The molecule has 3 aromatic rings. The highest BCUT2D eigenvalue weighted by molar-refractivity contribution is 6.30. The van der Waals surface area contributed by atoms with Crippen molar-refractivity contribution < 1.29 is 4.79 Å². The minimum Gasteiger partial charge on any atom is -0.283 e. The first-order valence-electron chi connectivity index (χ1n) is 11.5. The predicted octanol–water partition coefficient (Wildman–Crippen LogP) is 6.15. The van der Waals surface area contributed by atoms with E-state index in [1.807, 2.05) is 40.9 Å². The topological polar surface area (TPSA) is 50.2 Å². The summed E-state index contributed by atoms with van der Waals surface area (Å²) in [7, 11) is 0. The molecular formula is C26H31ClN4O. The smallest absolute Gasteiger partial charge is 0.283 e. The molecule has 0 radical (unpaired) electrons. The fourth-order valence-corrected chi connectivity index (χ4v) is 4.35. The summed E-state index contributed by atoms with van der Waals surface area (Å²) in [6.45, 7) is 8.15. The lowest BCUT2D eigenvalue weighted by atomic mass is 9.98. The first-order chi connectivity index (χ1) is 15.5. The van der Waals surface area contributed by atoms with E-state index in [4.69, 9.17) is 16.7 Å². The maximum absolute atomic E-state index is 13.1. The van der Waals surface area contributed by atoms with Crippen molar-refractivity contribution in [3.05, 3.63) is 70.4 Å². The molecule has 1 aliphatic heterocycles. The lowest BCUT2D eigenvalue weighted by molar-refractivity contribution is 0.0743. The zero-order valence-electron chi connectivity index (χ0n) is 19.1. The van der Waals surface area contributed by atoms with Crippen molar-refractivity contribution in [2.75, 3.05) is 13.1 Å². The molecule has 168 valence electrons. The molecule has 1 aromatic heterocycles. The van der Waals surface area contributed by atoms with Crippen LogP contribution < -0.4 is 5.43 Å². The fraction of sp³-hybridized carbons (Fsp3) is 0.385. The summed E-state index contributed by atoms with van der Waals surface area (Å²) < 4.78 is 1.88. The Balaban J connectivity index is 1.74. The van der Waals surface area contributed by atoms with Crippen molar-refractivity contribution >= 4 is 17.5 Å². The van der Waals surface area contributed by atoms with Crippen molar-refractivity contribution in [2.24, 2.45) is 0 Å². The van der Waals surface area contributed by atoms with Gasteiger partial charge in [0.25, 0.3) is 5.91 Å². The van der Waals surface area contributed by atoms with E-state index in [9.17, 15) is 4.79 Å². The number of nitrogens with one attached hydrogen (secondary N) is 1. The molecule has 1 atom stereocenters. The first-order valence-corrected chi connectivity index (χ1v) is 11.9. The Labute approximate surface area is 195 Å². The van der Waals surface area contributed by atoms with Crippen LogP contribution in [0.4, 0.5) is 0 Å². The summed E-state index contributed by atoms with van der Waals surface area (Å²) in [6, 6.07) is 16.2. The molecule has 0 saturated carbocycles. The number of hydrogen-bond acceptors (Lipinski definition) is 3. The Morgan fingerprint density at radius 2 is 1.72 bits per heavy atom. The van der Waals surface area contributed by atoms with E-state index in [0.717, 1.165) is 54.9 Å². The van der Waals surface area contributed by atoms with Gasteiger partial charge in [-0.3, -0.25) is 10.2 Å². The number of amides is 1. The number of piperidine rings is 1. The van der Waals surface area contributed by atoms with Crippen molar-refractivity contribution in [1.29, 1.82) is 0 Å². The second-order valence-electron chi connectivity index (χ2n) is 8.63. The average molecular weight is 451 g/mol. The van der Waals surface area contributed by atoms with Crippen molar-refractivity contribution in [2.45, 2.75) is 52.4 Å². The van der Waals surface area contributed by atoms with Crippen LogP contribution in [0.25, 0.3) is 16.9 Å². The van der Waals surface area contributed by atoms with Gasteiger partial charge < -0.3 is 0 Å². The molecule has 1 unspecified atom stereocenters. The molecule has 5 nitrogen and oxygen atoms in total. The maximum Gasteiger partial charge on any atom is 0.286 e. The summed E-state index contributed by atoms with van der Waals surface area (Å²) in [4.78, 5) is 13.1. The van der Waals surface area contributed by atoms with Crippen molar-refractivity contribution in [1.82, 2.24) is 20.2 Å². The van der Waals surface area contributed by atoms with Gasteiger partial charge in [-0.25, -0.2) is 9.69 Å². The van der Waals surface area contributed by atoms with Crippen molar-refractivity contribution in [3.63, 3.8) is 0 Å². The van der Waals surface area contributed by atoms with Gasteiger partial charge in [-0.1, -0.05) is 56.1 Å². The van der Waals surface area contributed by atoms with Gasteiger partial charge in [0, 0.05) is 29.2 Å². The van der Waals surface area contributed by atoms with E-state index in [1.54, 1.807) is 0 Å². The SMILES string of the molecule is CCC(C)c1ccc(-n2nc(C(=O)NN3CCCCC3)c(C)c2-c2ccc(Cl)cc2)cc1. The molecule has 1 N–H and O–H groups in total. The van der Waals surface area contributed by atoms with Crippen molar-refractivity contribution in [3.8, 4) is 16.9 Å². The molecule has 1 amide bonds. The van der Waals surface area contributed by atoms with Crippen LogP contribution in [-0.2, 0) is 0 Å². The molecule has 1 fully saturated rings. The van der Waals surface area contributed by atoms with E-state index in [0.29, 0.717) is 16.6 Å². The summed E-state index contributed by atoms with van der Waals surface area (Å²) in [5.41, 5.74) is 8.48. The number of rotatable bonds is 6. The van der Waals surface area contributed by atoms with Crippen LogP contribution in [0, 0.1) is 6.92 Å². The highest BCUT2D eigenvalue weighted by atomic mass is 35.5. The quantitative estimate of drug-likeness (QED) is 0.490. The Morgan fingerprint density at radius 3 is 2.34 bits per heavy atom. The third-order valence-corrected chi connectivity index (χ3v) is 6.64. The van der Waals surface area contributed by atoms with Gasteiger partial charge in [0.2, 0.25) is 0 Å². The van der Waals surface area contributed by atoms with Gasteiger partial charge in [-0.2, -0.15) is 5.10 Å². The Hall–Kier alpha value is -2.63. The first kappa shape index (κ1) is 22.6.